The maximum Gasteiger partial charge on any atom is 0.311 e. The number of methoxy groups -OCH3 is 1. The van der Waals surface area contributed by atoms with Crippen LogP contribution in [0, 0.1) is 10.8 Å². The van der Waals surface area contributed by atoms with Crippen molar-refractivity contribution in [1.82, 2.24) is 4.90 Å². The number of carbonyl (C=O) groups is 2. The van der Waals surface area contributed by atoms with E-state index in [0.29, 0.717) is 5.88 Å². The summed E-state index contributed by atoms with van der Waals surface area (Å²) in [4.78, 5) is 27.6. The van der Waals surface area contributed by atoms with Crippen molar-refractivity contribution in [3.05, 3.63) is 0 Å². The van der Waals surface area contributed by atoms with E-state index in [2.05, 4.69) is 32.6 Å². The van der Waals surface area contributed by atoms with E-state index in [1.165, 1.54) is 84.2 Å². The number of esters is 2. The number of alkyl halides is 1. The summed E-state index contributed by atoms with van der Waals surface area (Å²) < 4.78 is 11.1. The third kappa shape index (κ3) is 22.7. The molecule has 0 radical (unpaired) electrons. The molecule has 0 aliphatic heterocycles. The first-order valence-electron chi connectivity index (χ1n) is 18.6. The smallest absolute Gasteiger partial charge is 0.311 e. The van der Waals surface area contributed by atoms with E-state index in [9.17, 15) is 9.59 Å². The highest BCUT2D eigenvalue weighted by molar-refractivity contribution is 6.18. The fourth-order valence-corrected chi connectivity index (χ4v) is 6.21. The van der Waals surface area contributed by atoms with E-state index in [-0.39, 0.29) is 18.0 Å². The van der Waals surface area contributed by atoms with E-state index >= 15 is 0 Å². The van der Waals surface area contributed by atoms with Gasteiger partial charge in [-0.25, -0.2) is 0 Å². The molecular weight excluding hydrogens is 570 g/mol. The minimum absolute atomic E-state index is 0.00290. The van der Waals surface area contributed by atoms with Crippen LogP contribution in [-0.4, -0.2) is 55.6 Å². The summed E-state index contributed by atoms with van der Waals surface area (Å²) >= 11 is 6.08. The molecule has 0 aliphatic carbocycles. The van der Waals surface area contributed by atoms with Crippen LogP contribution < -0.4 is 0 Å². The van der Waals surface area contributed by atoms with Crippen LogP contribution in [0.4, 0.5) is 0 Å². The van der Waals surface area contributed by atoms with Crippen molar-refractivity contribution < 1.29 is 19.1 Å². The molecule has 0 rings (SSSR count). The van der Waals surface area contributed by atoms with Crippen LogP contribution in [0.1, 0.15) is 183 Å². The number of ether oxygens (including phenoxy) is 2. The second-order valence-electron chi connectivity index (χ2n) is 14.6. The summed E-state index contributed by atoms with van der Waals surface area (Å²) in [6.45, 7) is 15.6. The number of rotatable bonds is 31. The maximum atomic E-state index is 13.3. The van der Waals surface area contributed by atoms with Crippen LogP contribution in [0.15, 0.2) is 0 Å². The number of unbranched alkanes of at least 4 members (excludes halogenated alkanes) is 14. The lowest BCUT2D eigenvalue weighted by Gasteiger charge is -2.27. The zero-order valence-electron chi connectivity index (χ0n) is 30.4. The predicted molar refractivity (Wildman–Crippen MR) is 190 cm³/mol. The molecule has 5 nitrogen and oxygen atoms in total. The molecule has 0 N–H and O–H groups in total. The summed E-state index contributed by atoms with van der Waals surface area (Å²) in [5.74, 6) is 0.513. The van der Waals surface area contributed by atoms with Crippen molar-refractivity contribution in [2.45, 2.75) is 189 Å². The minimum Gasteiger partial charge on any atom is -0.469 e. The van der Waals surface area contributed by atoms with Crippen LogP contribution in [0.2, 0.25) is 0 Å². The van der Waals surface area contributed by atoms with Gasteiger partial charge in [-0.1, -0.05) is 104 Å². The lowest BCUT2D eigenvalue weighted by atomic mass is 9.86. The lowest BCUT2D eigenvalue weighted by Crippen LogP contribution is -2.31. The van der Waals surface area contributed by atoms with Crippen molar-refractivity contribution in [3.8, 4) is 0 Å². The monoisotopic (exact) mass is 644 g/mol. The Hall–Kier alpha value is -0.810. The van der Waals surface area contributed by atoms with Crippen LogP contribution in [0.5, 0.6) is 0 Å². The molecule has 0 amide bonds. The van der Waals surface area contributed by atoms with Crippen LogP contribution in [-0.2, 0) is 19.1 Å². The Balaban J connectivity index is 4.47. The van der Waals surface area contributed by atoms with E-state index in [1.54, 1.807) is 0 Å². The van der Waals surface area contributed by atoms with Gasteiger partial charge in [0.1, 0.15) is 6.10 Å². The molecule has 0 spiro atoms. The Labute approximate surface area is 279 Å². The Bertz CT molecular complexity index is 680. The van der Waals surface area contributed by atoms with Crippen LogP contribution >= 0.6 is 11.6 Å². The number of hydrogen-bond acceptors (Lipinski definition) is 5. The molecule has 0 unspecified atom stereocenters. The molecule has 262 valence electrons. The van der Waals surface area contributed by atoms with E-state index in [4.69, 9.17) is 21.1 Å². The molecule has 0 aliphatic rings. The SMILES string of the molecule is CCCCCCCCC(CCCCCCCC)OC(=O)C(C)(C)CCCCCCN(CCCl)CCCCC(C)(C)C(=O)OC. The highest BCUT2D eigenvalue weighted by Gasteiger charge is 2.31. The fraction of sp³-hybridized carbons (Fsp3) is 0.947. The number of carbonyl (C=O) groups excluding carboxylic acids is 2. The molecule has 0 saturated heterocycles. The first-order valence-corrected chi connectivity index (χ1v) is 19.1. The molecule has 0 saturated carbocycles. The largest absolute Gasteiger partial charge is 0.469 e. The minimum atomic E-state index is -0.427. The van der Waals surface area contributed by atoms with Gasteiger partial charge in [0.25, 0.3) is 0 Å². The maximum absolute atomic E-state index is 13.3. The molecule has 0 fully saturated rings. The molecule has 0 bridgehead atoms. The van der Waals surface area contributed by atoms with E-state index in [1.807, 2.05) is 13.8 Å². The predicted octanol–water partition coefficient (Wildman–Crippen LogP) is 11.3. The molecule has 0 atom stereocenters. The van der Waals surface area contributed by atoms with Gasteiger partial charge in [0.15, 0.2) is 0 Å². The number of nitrogens with zero attached hydrogens (tertiary/aromatic N) is 1. The van der Waals surface area contributed by atoms with Crippen molar-refractivity contribution in [2.75, 3.05) is 32.6 Å². The number of halogens is 1. The average Bonchev–Trinajstić information content (AvgIpc) is 2.99. The number of hydrogen-bond donors (Lipinski definition) is 0. The second-order valence-corrected chi connectivity index (χ2v) is 14.9. The van der Waals surface area contributed by atoms with Gasteiger partial charge in [-0.15, -0.1) is 11.6 Å². The molecule has 0 heterocycles. The highest BCUT2D eigenvalue weighted by Crippen LogP contribution is 2.28. The lowest BCUT2D eigenvalue weighted by molar-refractivity contribution is -0.161. The van der Waals surface area contributed by atoms with Gasteiger partial charge in [0.2, 0.25) is 0 Å². The first-order chi connectivity index (χ1) is 21.0. The normalized spacial score (nSPS) is 12.3. The quantitative estimate of drug-likeness (QED) is 0.0427. The van der Waals surface area contributed by atoms with Crippen molar-refractivity contribution in [1.29, 1.82) is 0 Å². The zero-order valence-corrected chi connectivity index (χ0v) is 31.2. The van der Waals surface area contributed by atoms with Gasteiger partial charge in [-0.05, 0) is 92.2 Å². The Morgan fingerprint density at radius 2 is 1.00 bits per heavy atom. The zero-order chi connectivity index (χ0) is 33.1. The molecule has 0 aromatic heterocycles. The van der Waals surface area contributed by atoms with Gasteiger partial charge in [0, 0.05) is 12.4 Å². The van der Waals surface area contributed by atoms with Crippen molar-refractivity contribution >= 4 is 23.5 Å². The molecule has 6 heteroatoms. The standard InChI is InChI=1S/C38H74ClNO4/c1-8-10-12-14-16-20-26-34(27-21-17-15-13-11-9-2)44-36(42)38(5,6)28-22-18-19-24-31-40(33-30-39)32-25-23-29-37(3,4)35(41)43-7/h34H,8-33H2,1-7H3. The van der Waals surface area contributed by atoms with Crippen LogP contribution in [0.25, 0.3) is 0 Å². The topological polar surface area (TPSA) is 55.8 Å². The van der Waals surface area contributed by atoms with Crippen molar-refractivity contribution in [2.24, 2.45) is 10.8 Å². The molecule has 44 heavy (non-hydrogen) atoms. The third-order valence-electron chi connectivity index (χ3n) is 9.28. The van der Waals surface area contributed by atoms with E-state index < -0.39 is 10.8 Å². The summed E-state index contributed by atoms with van der Waals surface area (Å²) in [6.07, 6.45) is 25.7. The Kier molecular flexibility index (Phi) is 26.8. The Morgan fingerprint density at radius 3 is 1.50 bits per heavy atom. The van der Waals surface area contributed by atoms with Gasteiger partial charge < -0.3 is 14.4 Å². The Morgan fingerprint density at radius 1 is 0.591 bits per heavy atom. The third-order valence-corrected chi connectivity index (χ3v) is 9.45. The van der Waals surface area contributed by atoms with E-state index in [0.717, 1.165) is 83.8 Å². The van der Waals surface area contributed by atoms with Crippen LogP contribution in [0.3, 0.4) is 0 Å². The highest BCUT2D eigenvalue weighted by atomic mass is 35.5. The summed E-state index contributed by atoms with van der Waals surface area (Å²) in [5.41, 5.74) is -0.849. The van der Waals surface area contributed by atoms with Crippen molar-refractivity contribution in [3.63, 3.8) is 0 Å². The first kappa shape index (κ1) is 43.2. The van der Waals surface area contributed by atoms with Gasteiger partial charge in [-0.2, -0.15) is 0 Å². The summed E-state index contributed by atoms with van der Waals surface area (Å²) in [5, 5.41) is 0. The summed E-state index contributed by atoms with van der Waals surface area (Å²) in [7, 11) is 1.46. The molecule has 0 aromatic carbocycles. The van der Waals surface area contributed by atoms with Gasteiger partial charge >= 0.3 is 11.9 Å². The molecular formula is C38H74ClNO4. The second kappa shape index (κ2) is 27.3. The fourth-order valence-electron chi connectivity index (χ4n) is 5.97. The van der Waals surface area contributed by atoms with Gasteiger partial charge in [-0.3, -0.25) is 9.59 Å². The molecule has 0 aromatic rings. The average molecular weight is 644 g/mol. The summed E-state index contributed by atoms with van der Waals surface area (Å²) in [6, 6.07) is 0. The van der Waals surface area contributed by atoms with Gasteiger partial charge in [0.05, 0.1) is 17.9 Å².